The van der Waals surface area contributed by atoms with Crippen molar-refractivity contribution in [3.63, 3.8) is 0 Å². The zero-order chi connectivity index (χ0) is 14.4. The van der Waals surface area contributed by atoms with Gasteiger partial charge in [-0.15, -0.1) is 0 Å². The first-order chi connectivity index (χ1) is 9.66. The molecule has 1 saturated heterocycles. The summed E-state index contributed by atoms with van der Waals surface area (Å²) in [4.78, 5) is 12.9. The van der Waals surface area contributed by atoms with Crippen molar-refractivity contribution in [1.82, 2.24) is 4.90 Å². The smallest absolute Gasteiger partial charge is 0.292 e. The molecule has 7 heteroatoms. The summed E-state index contributed by atoms with van der Waals surface area (Å²) in [6.45, 7) is 5.23. The third-order valence-electron chi connectivity index (χ3n) is 3.23. The summed E-state index contributed by atoms with van der Waals surface area (Å²) in [7, 11) is 0. The fourth-order valence-corrected chi connectivity index (χ4v) is 2.52. The van der Waals surface area contributed by atoms with Crippen LogP contribution in [0, 0.1) is 10.1 Å². The highest BCUT2D eigenvalue weighted by atomic mass is 79.9. The summed E-state index contributed by atoms with van der Waals surface area (Å²) in [5.41, 5.74) is 0.672. The Morgan fingerprint density at radius 3 is 2.85 bits per heavy atom. The summed E-state index contributed by atoms with van der Waals surface area (Å²) in [6, 6.07) is 4.93. The minimum Gasteiger partial charge on any atom is -0.379 e. The van der Waals surface area contributed by atoms with E-state index in [0.29, 0.717) is 12.2 Å². The Labute approximate surface area is 126 Å². The average Bonchev–Trinajstić information content (AvgIpc) is 2.44. The fraction of sp³-hybridized carbons (Fsp3) is 0.538. The zero-order valence-corrected chi connectivity index (χ0v) is 12.8. The number of rotatable bonds is 6. The Morgan fingerprint density at radius 2 is 2.15 bits per heavy atom. The van der Waals surface area contributed by atoms with Crippen LogP contribution in [0.5, 0.6) is 0 Å². The number of nitro benzene ring substituents is 1. The third-order valence-corrected chi connectivity index (χ3v) is 3.72. The number of hydrogen-bond donors (Lipinski definition) is 1. The van der Waals surface area contributed by atoms with Crippen molar-refractivity contribution < 1.29 is 9.66 Å². The maximum atomic E-state index is 10.9. The number of benzene rings is 1. The van der Waals surface area contributed by atoms with E-state index >= 15 is 0 Å². The molecule has 110 valence electrons. The molecule has 0 saturated carbocycles. The van der Waals surface area contributed by atoms with Gasteiger partial charge in [-0.25, -0.2) is 0 Å². The Kier molecular flexibility index (Phi) is 5.75. The van der Waals surface area contributed by atoms with Crippen molar-refractivity contribution in [1.29, 1.82) is 0 Å². The molecule has 1 aromatic rings. The molecular weight excluding hydrogens is 326 g/mol. The molecule has 2 rings (SSSR count). The second-order valence-corrected chi connectivity index (χ2v) is 5.57. The summed E-state index contributed by atoms with van der Waals surface area (Å²) in [5.74, 6) is 0. The largest absolute Gasteiger partial charge is 0.379 e. The quantitative estimate of drug-likeness (QED) is 0.488. The van der Waals surface area contributed by atoms with E-state index in [1.54, 1.807) is 12.1 Å². The normalized spacial score (nSPS) is 16.1. The second kappa shape index (κ2) is 7.56. The van der Waals surface area contributed by atoms with Crippen molar-refractivity contribution in [2.75, 3.05) is 44.7 Å². The van der Waals surface area contributed by atoms with Crippen LogP contribution in [0.3, 0.4) is 0 Å². The van der Waals surface area contributed by atoms with Crippen molar-refractivity contribution >= 4 is 27.3 Å². The standard InChI is InChI=1S/C13H18BrN3O3/c14-11-2-3-13(17(18)19)12(10-11)15-4-1-5-16-6-8-20-9-7-16/h2-3,10,15H,1,4-9H2. The van der Waals surface area contributed by atoms with Crippen LogP contribution >= 0.6 is 15.9 Å². The van der Waals surface area contributed by atoms with Gasteiger partial charge in [-0.2, -0.15) is 0 Å². The van der Waals surface area contributed by atoms with Gasteiger partial charge in [0.1, 0.15) is 5.69 Å². The molecule has 1 aliphatic rings. The number of hydrogen-bond acceptors (Lipinski definition) is 5. The SMILES string of the molecule is O=[N+]([O-])c1ccc(Br)cc1NCCCN1CCOCC1. The van der Waals surface area contributed by atoms with Crippen LogP contribution in [0.25, 0.3) is 0 Å². The molecule has 0 bridgehead atoms. The van der Waals surface area contributed by atoms with E-state index < -0.39 is 0 Å². The van der Waals surface area contributed by atoms with Crippen LogP contribution in [0.4, 0.5) is 11.4 Å². The summed E-state index contributed by atoms with van der Waals surface area (Å²) < 4.78 is 6.13. The molecule has 0 radical (unpaired) electrons. The average molecular weight is 344 g/mol. The number of nitrogens with zero attached hydrogens (tertiary/aromatic N) is 2. The summed E-state index contributed by atoms with van der Waals surface area (Å²) in [6.07, 6.45) is 0.948. The van der Waals surface area contributed by atoms with Gasteiger partial charge in [0.15, 0.2) is 0 Å². The van der Waals surface area contributed by atoms with Crippen LogP contribution in [0.15, 0.2) is 22.7 Å². The molecule has 1 aromatic carbocycles. The van der Waals surface area contributed by atoms with Crippen LogP contribution in [-0.2, 0) is 4.74 Å². The maximum absolute atomic E-state index is 10.9. The van der Waals surface area contributed by atoms with Gasteiger partial charge in [0.05, 0.1) is 18.1 Å². The zero-order valence-electron chi connectivity index (χ0n) is 11.2. The molecule has 1 N–H and O–H groups in total. The lowest BCUT2D eigenvalue weighted by molar-refractivity contribution is -0.384. The number of morpholine rings is 1. The molecule has 1 fully saturated rings. The highest BCUT2D eigenvalue weighted by Crippen LogP contribution is 2.27. The first kappa shape index (κ1) is 15.2. The lowest BCUT2D eigenvalue weighted by Crippen LogP contribution is -2.37. The van der Waals surface area contributed by atoms with Crippen molar-refractivity contribution in [2.24, 2.45) is 0 Å². The minimum atomic E-state index is -0.364. The number of halogens is 1. The Bertz CT molecular complexity index is 464. The molecule has 0 atom stereocenters. The minimum absolute atomic E-state index is 0.111. The lowest BCUT2D eigenvalue weighted by Gasteiger charge is -2.26. The van der Waals surface area contributed by atoms with Gasteiger partial charge >= 0.3 is 0 Å². The van der Waals surface area contributed by atoms with Crippen LogP contribution < -0.4 is 5.32 Å². The summed E-state index contributed by atoms with van der Waals surface area (Å²) >= 11 is 3.33. The van der Waals surface area contributed by atoms with Gasteiger partial charge in [0.2, 0.25) is 0 Å². The predicted molar refractivity (Wildman–Crippen MR) is 81.2 cm³/mol. The van der Waals surface area contributed by atoms with Gasteiger partial charge < -0.3 is 10.1 Å². The highest BCUT2D eigenvalue weighted by Gasteiger charge is 2.14. The molecule has 0 aromatic heterocycles. The predicted octanol–water partition coefficient (Wildman–Crippen LogP) is 2.49. The van der Waals surface area contributed by atoms with Crippen molar-refractivity contribution in [2.45, 2.75) is 6.42 Å². The molecule has 0 unspecified atom stereocenters. The van der Waals surface area contributed by atoms with E-state index in [2.05, 4.69) is 26.1 Å². The van der Waals surface area contributed by atoms with E-state index in [0.717, 1.165) is 43.7 Å². The van der Waals surface area contributed by atoms with E-state index in [-0.39, 0.29) is 10.6 Å². The first-order valence-electron chi connectivity index (χ1n) is 6.65. The number of ether oxygens (including phenoxy) is 1. The summed E-state index contributed by atoms with van der Waals surface area (Å²) in [5, 5.41) is 14.1. The van der Waals surface area contributed by atoms with E-state index in [1.807, 2.05) is 0 Å². The molecule has 20 heavy (non-hydrogen) atoms. The second-order valence-electron chi connectivity index (χ2n) is 4.65. The number of nitrogens with one attached hydrogen (secondary N) is 1. The molecule has 1 aliphatic heterocycles. The van der Waals surface area contributed by atoms with Crippen LogP contribution in [0.1, 0.15) is 6.42 Å². The fourth-order valence-electron chi connectivity index (χ4n) is 2.16. The van der Waals surface area contributed by atoms with E-state index in [4.69, 9.17) is 4.74 Å². The number of anilines is 1. The molecule has 0 spiro atoms. The maximum Gasteiger partial charge on any atom is 0.292 e. The molecule has 0 aliphatic carbocycles. The van der Waals surface area contributed by atoms with Gasteiger partial charge in [-0.3, -0.25) is 15.0 Å². The van der Waals surface area contributed by atoms with Gasteiger partial charge in [-0.1, -0.05) is 15.9 Å². The molecule has 0 amide bonds. The monoisotopic (exact) mass is 343 g/mol. The highest BCUT2D eigenvalue weighted by molar-refractivity contribution is 9.10. The van der Waals surface area contributed by atoms with Gasteiger partial charge in [0.25, 0.3) is 5.69 Å². The topological polar surface area (TPSA) is 67.6 Å². The van der Waals surface area contributed by atoms with Crippen molar-refractivity contribution in [3.8, 4) is 0 Å². The molecule has 6 nitrogen and oxygen atoms in total. The van der Waals surface area contributed by atoms with Gasteiger partial charge in [0, 0.05) is 30.2 Å². The Morgan fingerprint density at radius 1 is 1.40 bits per heavy atom. The lowest BCUT2D eigenvalue weighted by atomic mass is 10.2. The van der Waals surface area contributed by atoms with Crippen LogP contribution in [-0.4, -0.2) is 49.2 Å². The molecule has 1 heterocycles. The number of nitro groups is 1. The molecular formula is C13H18BrN3O3. The van der Waals surface area contributed by atoms with E-state index in [1.165, 1.54) is 6.07 Å². The van der Waals surface area contributed by atoms with E-state index in [9.17, 15) is 10.1 Å². The van der Waals surface area contributed by atoms with Gasteiger partial charge in [-0.05, 0) is 25.1 Å². The first-order valence-corrected chi connectivity index (χ1v) is 7.44. The van der Waals surface area contributed by atoms with Crippen LogP contribution in [0.2, 0.25) is 0 Å². The Hall–Kier alpha value is -1.18. The Balaban J connectivity index is 1.81. The van der Waals surface area contributed by atoms with Crippen molar-refractivity contribution in [3.05, 3.63) is 32.8 Å². The third kappa shape index (κ3) is 4.43.